The van der Waals surface area contributed by atoms with Gasteiger partial charge in [0.2, 0.25) is 0 Å². The number of rotatable bonds is 7. The summed E-state index contributed by atoms with van der Waals surface area (Å²) in [5, 5.41) is 13.5. The number of benzene rings is 1. The predicted octanol–water partition coefficient (Wildman–Crippen LogP) is 2.79. The Morgan fingerprint density at radius 3 is 2.47 bits per heavy atom. The van der Waals surface area contributed by atoms with Crippen molar-refractivity contribution in [2.75, 3.05) is 25.1 Å². The molecule has 1 aromatic rings. The SMILES string of the molecule is CC(C)COCC(O)CNc1ccc(Cl)cc1. The number of halogens is 1. The van der Waals surface area contributed by atoms with Gasteiger partial charge in [-0.3, -0.25) is 0 Å². The van der Waals surface area contributed by atoms with E-state index in [4.69, 9.17) is 16.3 Å². The minimum atomic E-state index is -0.496. The van der Waals surface area contributed by atoms with E-state index in [2.05, 4.69) is 19.2 Å². The molecule has 0 amide bonds. The van der Waals surface area contributed by atoms with Crippen LogP contribution in [0, 0.1) is 5.92 Å². The molecule has 4 heteroatoms. The predicted molar refractivity (Wildman–Crippen MR) is 71.6 cm³/mol. The number of aliphatic hydroxyl groups excluding tert-OH is 1. The topological polar surface area (TPSA) is 41.5 Å². The monoisotopic (exact) mass is 257 g/mol. The van der Waals surface area contributed by atoms with E-state index in [0.29, 0.717) is 30.7 Å². The van der Waals surface area contributed by atoms with Crippen LogP contribution in [0.5, 0.6) is 0 Å². The van der Waals surface area contributed by atoms with Crippen molar-refractivity contribution in [1.82, 2.24) is 0 Å². The maximum absolute atomic E-state index is 9.66. The van der Waals surface area contributed by atoms with Crippen molar-refractivity contribution in [2.24, 2.45) is 5.92 Å². The molecule has 0 aliphatic heterocycles. The van der Waals surface area contributed by atoms with Crippen molar-refractivity contribution in [3.05, 3.63) is 29.3 Å². The molecule has 2 N–H and O–H groups in total. The Balaban J connectivity index is 2.19. The van der Waals surface area contributed by atoms with Gasteiger partial charge in [0.15, 0.2) is 0 Å². The summed E-state index contributed by atoms with van der Waals surface area (Å²) in [4.78, 5) is 0. The molecule has 17 heavy (non-hydrogen) atoms. The molecule has 1 rings (SSSR count). The molecule has 96 valence electrons. The minimum absolute atomic E-state index is 0.360. The highest BCUT2D eigenvalue weighted by molar-refractivity contribution is 6.30. The van der Waals surface area contributed by atoms with Crippen LogP contribution in [0.4, 0.5) is 5.69 Å². The third kappa shape index (κ3) is 6.51. The molecular formula is C13H20ClNO2. The van der Waals surface area contributed by atoms with Crippen LogP contribution >= 0.6 is 11.6 Å². The second-order valence-corrected chi connectivity index (χ2v) is 4.91. The maximum Gasteiger partial charge on any atom is 0.0945 e. The van der Waals surface area contributed by atoms with Crippen LogP contribution < -0.4 is 5.32 Å². The summed E-state index contributed by atoms with van der Waals surface area (Å²) >= 11 is 5.78. The first-order valence-electron chi connectivity index (χ1n) is 5.83. The standard InChI is InChI=1S/C13H20ClNO2/c1-10(2)8-17-9-13(16)7-15-12-5-3-11(14)4-6-12/h3-6,10,13,15-16H,7-9H2,1-2H3. The molecule has 0 fully saturated rings. The van der Waals surface area contributed by atoms with Crippen molar-refractivity contribution in [1.29, 1.82) is 0 Å². The lowest BCUT2D eigenvalue weighted by Crippen LogP contribution is -2.25. The van der Waals surface area contributed by atoms with Gasteiger partial charge in [0.05, 0.1) is 12.7 Å². The van der Waals surface area contributed by atoms with Crippen LogP contribution in [0.25, 0.3) is 0 Å². The molecule has 1 unspecified atom stereocenters. The number of hydrogen-bond acceptors (Lipinski definition) is 3. The van der Waals surface area contributed by atoms with E-state index in [1.54, 1.807) is 0 Å². The number of ether oxygens (including phenoxy) is 1. The Hall–Kier alpha value is -0.770. The molecule has 0 spiro atoms. The fourth-order valence-electron chi connectivity index (χ4n) is 1.30. The zero-order valence-corrected chi connectivity index (χ0v) is 11.1. The van der Waals surface area contributed by atoms with Crippen LogP contribution in [-0.2, 0) is 4.74 Å². The summed E-state index contributed by atoms with van der Waals surface area (Å²) in [5.41, 5.74) is 0.942. The summed E-state index contributed by atoms with van der Waals surface area (Å²) in [7, 11) is 0. The molecule has 0 heterocycles. The zero-order chi connectivity index (χ0) is 12.7. The average molecular weight is 258 g/mol. The van der Waals surface area contributed by atoms with E-state index in [1.165, 1.54) is 0 Å². The second-order valence-electron chi connectivity index (χ2n) is 4.47. The molecule has 0 aliphatic carbocycles. The molecule has 3 nitrogen and oxygen atoms in total. The lowest BCUT2D eigenvalue weighted by Gasteiger charge is -2.14. The molecule has 0 aliphatic rings. The van der Waals surface area contributed by atoms with Gasteiger partial charge in [0.25, 0.3) is 0 Å². The van der Waals surface area contributed by atoms with Crippen molar-refractivity contribution >= 4 is 17.3 Å². The molecule has 0 aromatic heterocycles. The first kappa shape index (κ1) is 14.3. The quantitative estimate of drug-likeness (QED) is 0.789. The first-order valence-corrected chi connectivity index (χ1v) is 6.21. The van der Waals surface area contributed by atoms with Crippen LogP contribution in [0.3, 0.4) is 0 Å². The Morgan fingerprint density at radius 1 is 1.24 bits per heavy atom. The van der Waals surface area contributed by atoms with Gasteiger partial charge >= 0.3 is 0 Å². The Kier molecular flexibility index (Phi) is 6.34. The smallest absolute Gasteiger partial charge is 0.0945 e. The molecular weight excluding hydrogens is 238 g/mol. The number of nitrogens with one attached hydrogen (secondary N) is 1. The van der Waals surface area contributed by atoms with Gasteiger partial charge in [-0.2, -0.15) is 0 Å². The molecule has 0 saturated heterocycles. The van der Waals surface area contributed by atoms with E-state index in [9.17, 15) is 5.11 Å². The normalized spacial score (nSPS) is 12.8. The molecule has 0 radical (unpaired) electrons. The summed E-state index contributed by atoms with van der Waals surface area (Å²) < 4.78 is 5.35. The van der Waals surface area contributed by atoms with Crippen LogP contribution in [0.15, 0.2) is 24.3 Å². The summed E-state index contributed by atoms with van der Waals surface area (Å²) in [6.45, 7) is 5.67. The highest BCUT2D eigenvalue weighted by Gasteiger charge is 2.04. The highest BCUT2D eigenvalue weighted by Crippen LogP contribution is 2.13. The Morgan fingerprint density at radius 2 is 1.88 bits per heavy atom. The van der Waals surface area contributed by atoms with Crippen molar-refractivity contribution in [3.63, 3.8) is 0 Å². The molecule has 1 aromatic carbocycles. The van der Waals surface area contributed by atoms with Gasteiger partial charge in [0.1, 0.15) is 0 Å². The second kappa shape index (κ2) is 7.54. The van der Waals surface area contributed by atoms with Crippen molar-refractivity contribution < 1.29 is 9.84 Å². The van der Waals surface area contributed by atoms with Gasteiger partial charge in [-0.1, -0.05) is 25.4 Å². The van der Waals surface area contributed by atoms with Crippen molar-refractivity contribution in [3.8, 4) is 0 Å². The van der Waals surface area contributed by atoms with E-state index < -0.39 is 6.10 Å². The van der Waals surface area contributed by atoms with Crippen LogP contribution in [0.1, 0.15) is 13.8 Å². The van der Waals surface area contributed by atoms with Crippen LogP contribution in [-0.4, -0.2) is 31.0 Å². The highest BCUT2D eigenvalue weighted by atomic mass is 35.5. The maximum atomic E-state index is 9.66. The van der Waals surface area contributed by atoms with Crippen molar-refractivity contribution in [2.45, 2.75) is 20.0 Å². The lowest BCUT2D eigenvalue weighted by molar-refractivity contribution is 0.0318. The molecule has 1 atom stereocenters. The van der Waals surface area contributed by atoms with E-state index in [0.717, 1.165) is 5.69 Å². The van der Waals surface area contributed by atoms with E-state index in [-0.39, 0.29) is 0 Å². The summed E-state index contributed by atoms with van der Waals surface area (Å²) in [5.74, 6) is 0.492. The first-order chi connectivity index (χ1) is 8.08. The fraction of sp³-hybridized carbons (Fsp3) is 0.538. The van der Waals surface area contributed by atoms with Gasteiger partial charge in [-0.05, 0) is 30.2 Å². The Bertz CT molecular complexity index is 314. The van der Waals surface area contributed by atoms with Gasteiger partial charge in [0, 0.05) is 23.9 Å². The third-order valence-electron chi connectivity index (χ3n) is 2.15. The summed E-state index contributed by atoms with van der Waals surface area (Å²) in [6.07, 6.45) is -0.496. The van der Waals surface area contributed by atoms with Gasteiger partial charge in [-0.25, -0.2) is 0 Å². The van der Waals surface area contributed by atoms with Gasteiger partial charge in [-0.15, -0.1) is 0 Å². The molecule has 0 bridgehead atoms. The van der Waals surface area contributed by atoms with Crippen LogP contribution in [0.2, 0.25) is 5.02 Å². The van der Waals surface area contributed by atoms with E-state index in [1.807, 2.05) is 24.3 Å². The Labute approximate surface area is 108 Å². The van der Waals surface area contributed by atoms with E-state index >= 15 is 0 Å². The largest absolute Gasteiger partial charge is 0.389 e. The number of anilines is 1. The average Bonchev–Trinajstić information content (AvgIpc) is 2.28. The summed E-state index contributed by atoms with van der Waals surface area (Å²) in [6, 6.07) is 7.38. The van der Waals surface area contributed by atoms with Gasteiger partial charge < -0.3 is 15.2 Å². The fourth-order valence-corrected chi connectivity index (χ4v) is 1.43. The zero-order valence-electron chi connectivity index (χ0n) is 10.3. The molecule has 0 saturated carbocycles. The lowest BCUT2D eigenvalue weighted by atomic mass is 10.2. The minimum Gasteiger partial charge on any atom is -0.389 e. The third-order valence-corrected chi connectivity index (χ3v) is 2.40. The number of aliphatic hydroxyl groups is 1. The number of hydrogen-bond donors (Lipinski definition) is 2.